The number of benzene rings is 2. The largest absolute Gasteiger partial charge is 0.496 e. The highest BCUT2D eigenvalue weighted by molar-refractivity contribution is 6.02. The summed E-state index contributed by atoms with van der Waals surface area (Å²) in [6, 6.07) is 11.6. The number of halogens is 1. The monoisotopic (exact) mass is 654 g/mol. The molecule has 4 aliphatic heterocycles. The summed E-state index contributed by atoms with van der Waals surface area (Å²) in [6.45, 7) is 9.38. The molecule has 4 aliphatic rings. The predicted octanol–water partition coefficient (Wildman–Crippen LogP) is 6.59. The van der Waals surface area contributed by atoms with Crippen LogP contribution in [0.25, 0.3) is 32.9 Å². The van der Waals surface area contributed by atoms with Crippen molar-refractivity contribution in [2.45, 2.75) is 82.5 Å². The molecule has 4 saturated heterocycles. The zero-order chi connectivity index (χ0) is 33.2. The molecule has 2 unspecified atom stereocenters. The maximum absolute atomic E-state index is 16.9. The molecule has 1 amide bonds. The van der Waals surface area contributed by atoms with E-state index in [2.05, 4.69) is 9.80 Å². The van der Waals surface area contributed by atoms with Crippen molar-refractivity contribution in [1.82, 2.24) is 24.8 Å². The Hall–Kier alpha value is -4.25. The first-order valence-corrected chi connectivity index (χ1v) is 17.2. The maximum Gasteiger partial charge on any atom is 0.410 e. The molecular formula is C37H43FN6O4. The zero-order valence-electron chi connectivity index (χ0n) is 28.2. The lowest BCUT2D eigenvalue weighted by molar-refractivity contribution is 0.0122. The van der Waals surface area contributed by atoms with Gasteiger partial charge >= 0.3 is 12.1 Å². The summed E-state index contributed by atoms with van der Waals surface area (Å²) in [7, 11) is 1.61. The molecule has 0 aliphatic carbocycles. The topological polar surface area (TPSA) is 93.2 Å². The number of amides is 1. The molecule has 48 heavy (non-hydrogen) atoms. The predicted molar refractivity (Wildman–Crippen MR) is 182 cm³/mol. The summed E-state index contributed by atoms with van der Waals surface area (Å²) in [5.74, 6) is 0.694. The normalized spacial score (nSPS) is 22.0. The molecule has 11 heteroatoms. The van der Waals surface area contributed by atoms with E-state index in [1.54, 1.807) is 13.3 Å². The third-order valence-corrected chi connectivity index (χ3v) is 10.7. The van der Waals surface area contributed by atoms with Crippen LogP contribution in [0.2, 0.25) is 0 Å². The number of rotatable bonds is 6. The Labute approximate surface area is 280 Å². The summed E-state index contributed by atoms with van der Waals surface area (Å²) >= 11 is 0. The van der Waals surface area contributed by atoms with Gasteiger partial charge in [0.1, 0.15) is 35.0 Å². The molecule has 4 fully saturated rings. The first kappa shape index (κ1) is 31.0. The van der Waals surface area contributed by atoms with E-state index in [1.807, 2.05) is 62.1 Å². The van der Waals surface area contributed by atoms with Gasteiger partial charge in [0.25, 0.3) is 0 Å². The molecule has 2 atom stereocenters. The second kappa shape index (κ2) is 11.7. The number of methoxy groups -OCH3 is 1. The SMILES string of the molecule is COc1cccc2cccc(-c3ncc4c(N5CC6CCC(C5)N6C(=O)OC(C)(C)C)nc(OCC56CCCN5CCC6)nc4c3F)c12. The van der Waals surface area contributed by atoms with Gasteiger partial charge in [-0.3, -0.25) is 14.8 Å². The Morgan fingerprint density at radius 1 is 1.02 bits per heavy atom. The molecular weight excluding hydrogens is 611 g/mol. The number of piperazine rings is 1. The zero-order valence-corrected chi connectivity index (χ0v) is 28.2. The van der Waals surface area contributed by atoms with Crippen LogP contribution >= 0.6 is 0 Å². The molecule has 0 saturated carbocycles. The lowest BCUT2D eigenvalue weighted by atomic mass is 9.95. The van der Waals surface area contributed by atoms with Crippen LogP contribution in [0.15, 0.2) is 42.6 Å². The van der Waals surface area contributed by atoms with Crippen molar-refractivity contribution in [2.75, 3.05) is 44.8 Å². The molecule has 10 nitrogen and oxygen atoms in total. The quantitative estimate of drug-likeness (QED) is 0.228. The van der Waals surface area contributed by atoms with Gasteiger partial charge in [-0.25, -0.2) is 9.18 Å². The van der Waals surface area contributed by atoms with E-state index < -0.39 is 11.4 Å². The van der Waals surface area contributed by atoms with E-state index in [4.69, 9.17) is 29.2 Å². The van der Waals surface area contributed by atoms with E-state index in [9.17, 15) is 4.79 Å². The number of carbonyl (C=O) groups excluding carboxylic acids is 1. The summed E-state index contributed by atoms with van der Waals surface area (Å²) in [4.78, 5) is 34.2. The smallest absolute Gasteiger partial charge is 0.410 e. The molecule has 2 bridgehead atoms. The molecule has 0 N–H and O–H groups in total. The molecule has 6 heterocycles. The van der Waals surface area contributed by atoms with Gasteiger partial charge in [0.15, 0.2) is 5.82 Å². The highest BCUT2D eigenvalue weighted by Gasteiger charge is 2.46. The van der Waals surface area contributed by atoms with Gasteiger partial charge in [-0.05, 0) is 83.8 Å². The Morgan fingerprint density at radius 3 is 2.42 bits per heavy atom. The summed E-state index contributed by atoms with van der Waals surface area (Å²) in [6.07, 6.45) is 7.58. The van der Waals surface area contributed by atoms with Crippen LogP contribution < -0.4 is 14.4 Å². The lowest BCUT2D eigenvalue weighted by Gasteiger charge is -2.42. The molecule has 0 radical (unpaired) electrons. The summed E-state index contributed by atoms with van der Waals surface area (Å²) in [5.41, 5.74) is 0.395. The number of hydrogen-bond donors (Lipinski definition) is 0. The van der Waals surface area contributed by atoms with Crippen LogP contribution in [0.1, 0.15) is 59.3 Å². The number of ether oxygens (including phenoxy) is 3. The fourth-order valence-corrected chi connectivity index (χ4v) is 8.54. The number of pyridine rings is 1. The number of nitrogens with zero attached hydrogens (tertiary/aromatic N) is 6. The van der Waals surface area contributed by atoms with E-state index >= 15 is 4.39 Å². The lowest BCUT2D eigenvalue weighted by Crippen LogP contribution is -2.57. The van der Waals surface area contributed by atoms with Crippen molar-refractivity contribution in [2.24, 2.45) is 0 Å². The van der Waals surface area contributed by atoms with E-state index in [0.717, 1.165) is 62.4 Å². The van der Waals surface area contributed by atoms with Crippen molar-refractivity contribution < 1.29 is 23.4 Å². The van der Waals surface area contributed by atoms with Crippen LogP contribution in [0.4, 0.5) is 15.0 Å². The van der Waals surface area contributed by atoms with E-state index in [1.165, 1.54) is 0 Å². The Kier molecular flexibility index (Phi) is 7.58. The van der Waals surface area contributed by atoms with Gasteiger partial charge in [0.2, 0.25) is 0 Å². The minimum Gasteiger partial charge on any atom is -0.496 e. The van der Waals surface area contributed by atoms with E-state index in [-0.39, 0.29) is 40.9 Å². The van der Waals surface area contributed by atoms with Crippen LogP contribution in [-0.2, 0) is 4.74 Å². The third kappa shape index (κ3) is 5.27. The Balaban J connectivity index is 1.21. The molecule has 4 aromatic rings. The third-order valence-electron chi connectivity index (χ3n) is 10.7. The van der Waals surface area contributed by atoms with Gasteiger partial charge in [-0.2, -0.15) is 9.97 Å². The summed E-state index contributed by atoms with van der Waals surface area (Å²) < 4.78 is 34.8. The van der Waals surface area contributed by atoms with Gasteiger partial charge in [-0.15, -0.1) is 0 Å². The number of carbonyl (C=O) groups is 1. The number of aromatic nitrogens is 3. The van der Waals surface area contributed by atoms with Gasteiger partial charge < -0.3 is 19.1 Å². The van der Waals surface area contributed by atoms with Gasteiger partial charge in [0.05, 0.1) is 30.1 Å². The highest BCUT2D eigenvalue weighted by Crippen LogP contribution is 2.42. The van der Waals surface area contributed by atoms with Crippen molar-refractivity contribution >= 4 is 33.6 Å². The molecule has 252 valence electrons. The van der Waals surface area contributed by atoms with Crippen molar-refractivity contribution in [1.29, 1.82) is 0 Å². The highest BCUT2D eigenvalue weighted by atomic mass is 19.1. The number of hydrogen-bond acceptors (Lipinski definition) is 9. The Morgan fingerprint density at radius 2 is 1.73 bits per heavy atom. The fraction of sp³-hybridized carbons (Fsp3) is 0.514. The van der Waals surface area contributed by atoms with Gasteiger partial charge in [0, 0.05) is 30.2 Å². The molecule has 2 aromatic heterocycles. The number of anilines is 1. The average Bonchev–Trinajstić information content (AvgIpc) is 3.73. The summed E-state index contributed by atoms with van der Waals surface area (Å²) in [5, 5.41) is 2.23. The molecule has 0 spiro atoms. The van der Waals surface area contributed by atoms with Crippen molar-refractivity contribution in [3.8, 4) is 23.0 Å². The molecule has 8 rings (SSSR count). The second-order valence-corrected chi connectivity index (χ2v) is 14.8. The fourth-order valence-electron chi connectivity index (χ4n) is 8.54. The minimum absolute atomic E-state index is 0.0158. The van der Waals surface area contributed by atoms with E-state index in [0.29, 0.717) is 42.2 Å². The van der Waals surface area contributed by atoms with Crippen molar-refractivity contribution in [3.05, 3.63) is 48.4 Å². The first-order valence-electron chi connectivity index (χ1n) is 17.2. The van der Waals surface area contributed by atoms with Crippen molar-refractivity contribution in [3.63, 3.8) is 0 Å². The standard InChI is InChI=1S/C37H43FN6O4/c1-36(2,3)48-35(45)44-24-13-14-25(44)21-42(20-24)33-27-19-39-31(26-11-5-9-23-10-6-12-28(46-4)29(23)26)30(38)32(27)40-34(41-33)47-22-37-15-7-17-43(37)18-8-16-37/h5-6,9-12,19,24-25H,7-8,13-18,20-22H2,1-4H3. The van der Waals surface area contributed by atoms with Crippen LogP contribution in [-0.4, -0.2) is 94.0 Å². The Bertz CT molecular complexity index is 1870. The van der Waals surface area contributed by atoms with Crippen LogP contribution in [0, 0.1) is 5.82 Å². The molecule has 2 aromatic carbocycles. The minimum atomic E-state index is -0.578. The maximum atomic E-state index is 16.9. The second-order valence-electron chi connectivity index (χ2n) is 14.8. The van der Waals surface area contributed by atoms with Gasteiger partial charge in [-0.1, -0.05) is 30.3 Å². The van der Waals surface area contributed by atoms with Crippen LogP contribution in [0.3, 0.4) is 0 Å². The number of fused-ring (bicyclic) bond motifs is 5. The van der Waals surface area contributed by atoms with Crippen LogP contribution in [0.5, 0.6) is 11.8 Å². The first-order chi connectivity index (χ1) is 23.1. The average molecular weight is 655 g/mol.